The van der Waals surface area contributed by atoms with Crippen molar-refractivity contribution in [1.29, 1.82) is 0 Å². The Morgan fingerprint density at radius 3 is 2.71 bits per heavy atom. The second-order valence-electron chi connectivity index (χ2n) is 4.45. The third kappa shape index (κ3) is 2.81. The minimum Gasteiger partial charge on any atom is -0.212 e. The minimum atomic E-state index is -3.24. The highest BCUT2D eigenvalue weighted by molar-refractivity contribution is 7.88. The molecule has 1 fully saturated rings. The van der Waals surface area contributed by atoms with Gasteiger partial charge in [0.1, 0.15) is 0 Å². The van der Waals surface area contributed by atoms with Gasteiger partial charge in [0.25, 0.3) is 0 Å². The van der Waals surface area contributed by atoms with Gasteiger partial charge in [0, 0.05) is 17.6 Å². The summed E-state index contributed by atoms with van der Waals surface area (Å²) in [6, 6.07) is 7.21. The van der Waals surface area contributed by atoms with Crippen molar-refractivity contribution in [2.24, 2.45) is 0 Å². The lowest BCUT2D eigenvalue weighted by molar-refractivity contribution is 0.407. The smallest absolute Gasteiger partial charge is 0.212 e. The van der Waals surface area contributed by atoms with E-state index in [-0.39, 0.29) is 11.8 Å². The molecule has 0 spiro atoms. The van der Waals surface area contributed by atoms with Crippen molar-refractivity contribution in [2.45, 2.75) is 31.6 Å². The number of halogens is 1. The first-order valence-electron chi connectivity index (χ1n) is 5.73. The van der Waals surface area contributed by atoms with E-state index in [4.69, 9.17) is 11.6 Å². The number of rotatable bonds is 3. The number of sulfonamides is 1. The van der Waals surface area contributed by atoms with E-state index in [0.29, 0.717) is 17.1 Å². The number of benzene rings is 1. The molecule has 0 aromatic heterocycles. The standard InChI is InChI=1S/C12H16ClNO2S/c1-10-5-4-8-14(10)17(15,16)9-11-6-2-3-7-12(11)13/h2-3,6-7,10H,4-5,8-9H2,1H3. The molecule has 1 atom stereocenters. The van der Waals surface area contributed by atoms with Gasteiger partial charge in [0.15, 0.2) is 0 Å². The topological polar surface area (TPSA) is 37.4 Å². The molecular weight excluding hydrogens is 258 g/mol. The van der Waals surface area contributed by atoms with Crippen LogP contribution < -0.4 is 0 Å². The third-order valence-electron chi connectivity index (χ3n) is 3.15. The average molecular weight is 274 g/mol. The highest BCUT2D eigenvalue weighted by atomic mass is 35.5. The molecule has 1 aromatic rings. The van der Waals surface area contributed by atoms with Gasteiger partial charge in [-0.2, -0.15) is 4.31 Å². The molecule has 1 heterocycles. The fraction of sp³-hybridized carbons (Fsp3) is 0.500. The summed E-state index contributed by atoms with van der Waals surface area (Å²) >= 11 is 5.99. The first-order chi connectivity index (χ1) is 8.00. The van der Waals surface area contributed by atoms with Crippen LogP contribution in [0.3, 0.4) is 0 Å². The van der Waals surface area contributed by atoms with Gasteiger partial charge in [-0.15, -0.1) is 0 Å². The SMILES string of the molecule is CC1CCCN1S(=O)(=O)Cc1ccccc1Cl. The van der Waals surface area contributed by atoms with Crippen LogP contribution >= 0.6 is 11.6 Å². The summed E-state index contributed by atoms with van der Waals surface area (Å²) in [6.07, 6.45) is 1.89. The fourth-order valence-corrected chi connectivity index (χ4v) is 4.37. The van der Waals surface area contributed by atoms with Crippen LogP contribution in [0.5, 0.6) is 0 Å². The van der Waals surface area contributed by atoms with Gasteiger partial charge in [-0.25, -0.2) is 8.42 Å². The molecule has 2 rings (SSSR count). The molecule has 94 valence electrons. The monoisotopic (exact) mass is 273 g/mol. The highest BCUT2D eigenvalue weighted by Crippen LogP contribution is 2.25. The van der Waals surface area contributed by atoms with Crippen molar-refractivity contribution < 1.29 is 8.42 Å². The lowest BCUT2D eigenvalue weighted by Gasteiger charge is -2.21. The summed E-state index contributed by atoms with van der Waals surface area (Å²) in [5, 5.41) is 0.517. The molecule has 1 saturated heterocycles. The number of nitrogens with zero attached hydrogens (tertiary/aromatic N) is 1. The van der Waals surface area contributed by atoms with Crippen LogP contribution in [-0.2, 0) is 15.8 Å². The molecule has 0 amide bonds. The summed E-state index contributed by atoms with van der Waals surface area (Å²) in [5.74, 6) is -0.00296. The minimum absolute atomic E-state index is 0.00296. The summed E-state index contributed by atoms with van der Waals surface area (Å²) < 4.78 is 26.1. The maximum Gasteiger partial charge on any atom is 0.218 e. The molecule has 1 aliphatic heterocycles. The molecule has 5 heteroatoms. The first-order valence-corrected chi connectivity index (χ1v) is 7.72. The van der Waals surface area contributed by atoms with Gasteiger partial charge >= 0.3 is 0 Å². The molecular formula is C12H16ClNO2S. The molecule has 3 nitrogen and oxygen atoms in total. The van der Waals surface area contributed by atoms with Crippen molar-refractivity contribution in [1.82, 2.24) is 4.31 Å². The largest absolute Gasteiger partial charge is 0.218 e. The molecule has 17 heavy (non-hydrogen) atoms. The van der Waals surface area contributed by atoms with Crippen LogP contribution in [0, 0.1) is 0 Å². The summed E-state index contributed by atoms with van der Waals surface area (Å²) in [6.45, 7) is 2.59. The van der Waals surface area contributed by atoms with Crippen LogP contribution in [0.1, 0.15) is 25.3 Å². The Kier molecular flexibility index (Phi) is 3.76. The predicted octanol–water partition coefficient (Wildman–Crippen LogP) is 2.65. The third-order valence-corrected chi connectivity index (χ3v) is 5.45. The Morgan fingerprint density at radius 1 is 1.41 bits per heavy atom. The van der Waals surface area contributed by atoms with Gasteiger partial charge < -0.3 is 0 Å². The molecule has 1 aromatic carbocycles. The zero-order chi connectivity index (χ0) is 12.5. The summed E-state index contributed by atoms with van der Waals surface area (Å²) in [5.41, 5.74) is 0.674. The maximum atomic E-state index is 12.2. The number of hydrogen-bond acceptors (Lipinski definition) is 2. The van der Waals surface area contributed by atoms with Gasteiger partial charge in [-0.1, -0.05) is 29.8 Å². The lowest BCUT2D eigenvalue weighted by Crippen LogP contribution is -2.34. The van der Waals surface area contributed by atoms with Crippen LogP contribution in [0.25, 0.3) is 0 Å². The fourth-order valence-electron chi connectivity index (χ4n) is 2.22. The number of hydrogen-bond donors (Lipinski definition) is 0. The Balaban J connectivity index is 2.21. The lowest BCUT2D eigenvalue weighted by atomic mass is 10.2. The maximum absolute atomic E-state index is 12.2. The zero-order valence-electron chi connectivity index (χ0n) is 9.77. The predicted molar refractivity (Wildman–Crippen MR) is 69.5 cm³/mol. The van der Waals surface area contributed by atoms with Crippen molar-refractivity contribution >= 4 is 21.6 Å². The van der Waals surface area contributed by atoms with E-state index in [0.717, 1.165) is 12.8 Å². The molecule has 0 radical (unpaired) electrons. The van der Waals surface area contributed by atoms with Crippen LogP contribution in [0.2, 0.25) is 5.02 Å². The second-order valence-corrected chi connectivity index (χ2v) is 6.78. The van der Waals surface area contributed by atoms with Gasteiger partial charge in [-0.05, 0) is 31.4 Å². The van der Waals surface area contributed by atoms with Gasteiger partial charge in [-0.3, -0.25) is 0 Å². The van der Waals surface area contributed by atoms with Crippen LogP contribution in [0.4, 0.5) is 0 Å². The van der Waals surface area contributed by atoms with Crippen molar-refractivity contribution in [3.63, 3.8) is 0 Å². The van der Waals surface area contributed by atoms with E-state index in [1.54, 1.807) is 22.5 Å². The Bertz CT molecular complexity index is 501. The van der Waals surface area contributed by atoms with Crippen molar-refractivity contribution in [3.8, 4) is 0 Å². The Morgan fingerprint density at radius 2 is 2.12 bits per heavy atom. The van der Waals surface area contributed by atoms with E-state index in [9.17, 15) is 8.42 Å². The zero-order valence-corrected chi connectivity index (χ0v) is 11.3. The molecule has 1 aliphatic rings. The summed E-state index contributed by atoms with van der Waals surface area (Å²) in [7, 11) is -3.24. The molecule has 0 saturated carbocycles. The van der Waals surface area contributed by atoms with Gasteiger partial charge in [0.2, 0.25) is 10.0 Å². The van der Waals surface area contributed by atoms with E-state index < -0.39 is 10.0 Å². The second kappa shape index (κ2) is 4.96. The molecule has 1 unspecified atom stereocenters. The van der Waals surface area contributed by atoms with E-state index >= 15 is 0 Å². The van der Waals surface area contributed by atoms with E-state index in [1.165, 1.54) is 0 Å². The van der Waals surface area contributed by atoms with Gasteiger partial charge in [0.05, 0.1) is 5.75 Å². The van der Waals surface area contributed by atoms with Crippen molar-refractivity contribution in [2.75, 3.05) is 6.54 Å². The first kappa shape index (κ1) is 12.9. The van der Waals surface area contributed by atoms with E-state index in [2.05, 4.69) is 0 Å². The highest BCUT2D eigenvalue weighted by Gasteiger charge is 2.31. The quantitative estimate of drug-likeness (QED) is 0.849. The van der Waals surface area contributed by atoms with Crippen LogP contribution in [0.15, 0.2) is 24.3 Å². The Hall–Kier alpha value is -0.580. The van der Waals surface area contributed by atoms with E-state index in [1.807, 2.05) is 13.0 Å². The summed E-state index contributed by atoms with van der Waals surface area (Å²) in [4.78, 5) is 0. The molecule has 0 bridgehead atoms. The molecule has 0 aliphatic carbocycles. The Labute approximate surface area is 107 Å². The molecule has 0 N–H and O–H groups in total. The average Bonchev–Trinajstić information content (AvgIpc) is 2.68. The van der Waals surface area contributed by atoms with Crippen molar-refractivity contribution in [3.05, 3.63) is 34.9 Å². The van der Waals surface area contributed by atoms with Crippen LogP contribution in [-0.4, -0.2) is 25.3 Å². The normalized spacial score (nSPS) is 21.9.